The number of thioether (sulfide) groups is 1. The van der Waals surface area contributed by atoms with E-state index in [9.17, 15) is 0 Å². The van der Waals surface area contributed by atoms with Crippen molar-refractivity contribution in [2.24, 2.45) is 0 Å². The van der Waals surface area contributed by atoms with E-state index < -0.39 is 0 Å². The molecule has 0 unspecified atom stereocenters. The van der Waals surface area contributed by atoms with Crippen LogP contribution in [-0.2, 0) is 0 Å². The van der Waals surface area contributed by atoms with Gasteiger partial charge in [0.1, 0.15) is 0 Å². The fraction of sp³-hybridized carbons (Fsp3) is 0.400. The number of benzene rings is 1. The molecule has 0 bridgehead atoms. The van der Waals surface area contributed by atoms with E-state index >= 15 is 0 Å². The van der Waals surface area contributed by atoms with Crippen LogP contribution in [0.2, 0.25) is 0 Å². The molecule has 0 N–H and O–H groups in total. The molecule has 2 heteroatoms. The van der Waals surface area contributed by atoms with E-state index in [2.05, 4.69) is 23.1 Å². The molecule has 1 fully saturated rings. The topological polar surface area (TPSA) is 3.24 Å². The summed E-state index contributed by atoms with van der Waals surface area (Å²) in [4.78, 5) is 2.43. The van der Waals surface area contributed by atoms with Gasteiger partial charge in [-0.15, -0.1) is 0 Å². The first-order valence-electron chi connectivity index (χ1n) is 4.25. The standard InChI is InChI=1S/C10H12NS/c1-2-4-10(5-3-1)11-6-8-12-9-7-11/h2-5H,6-9H2. The van der Waals surface area contributed by atoms with Crippen LogP contribution >= 0.6 is 11.8 Å². The number of nitrogens with zero attached hydrogens (tertiary/aromatic N) is 1. The lowest BCUT2D eigenvalue weighted by Gasteiger charge is -2.28. The van der Waals surface area contributed by atoms with Gasteiger partial charge < -0.3 is 4.90 Å². The van der Waals surface area contributed by atoms with Gasteiger partial charge >= 0.3 is 0 Å². The van der Waals surface area contributed by atoms with E-state index in [4.69, 9.17) is 0 Å². The zero-order chi connectivity index (χ0) is 8.23. The molecule has 0 amide bonds. The van der Waals surface area contributed by atoms with Gasteiger partial charge in [-0.25, -0.2) is 0 Å². The molecule has 63 valence electrons. The highest BCUT2D eigenvalue weighted by Gasteiger charge is 2.09. The van der Waals surface area contributed by atoms with E-state index in [-0.39, 0.29) is 0 Å². The van der Waals surface area contributed by atoms with Crippen molar-refractivity contribution in [1.29, 1.82) is 0 Å². The maximum absolute atomic E-state index is 3.04. The van der Waals surface area contributed by atoms with Gasteiger partial charge in [0, 0.05) is 30.3 Å². The van der Waals surface area contributed by atoms with Crippen LogP contribution in [0.15, 0.2) is 24.3 Å². The molecule has 1 aromatic rings. The van der Waals surface area contributed by atoms with Crippen molar-refractivity contribution in [3.63, 3.8) is 0 Å². The van der Waals surface area contributed by atoms with Gasteiger partial charge in [0.2, 0.25) is 0 Å². The van der Waals surface area contributed by atoms with Crippen LogP contribution < -0.4 is 4.90 Å². The average Bonchev–Trinajstić information content (AvgIpc) is 2.21. The molecule has 1 aliphatic rings. The highest BCUT2D eigenvalue weighted by Crippen LogP contribution is 2.17. The largest absolute Gasteiger partial charge is 0.370 e. The zero-order valence-electron chi connectivity index (χ0n) is 6.99. The molecule has 1 saturated heterocycles. The smallest absolute Gasteiger partial charge is 0.0367 e. The molecule has 1 nitrogen and oxygen atoms in total. The number of anilines is 1. The molecule has 1 heterocycles. The summed E-state index contributed by atoms with van der Waals surface area (Å²) in [6.45, 7) is 2.38. The van der Waals surface area contributed by atoms with Gasteiger partial charge in [0.05, 0.1) is 0 Å². The van der Waals surface area contributed by atoms with Crippen LogP contribution in [-0.4, -0.2) is 24.6 Å². The molecule has 12 heavy (non-hydrogen) atoms. The van der Waals surface area contributed by atoms with E-state index in [0.717, 1.165) is 0 Å². The van der Waals surface area contributed by atoms with Crippen LogP contribution in [0.3, 0.4) is 0 Å². The summed E-state index contributed by atoms with van der Waals surface area (Å²) in [6.07, 6.45) is 0. The third-order valence-corrected chi connectivity index (χ3v) is 3.02. The van der Waals surface area contributed by atoms with Crippen molar-refractivity contribution in [1.82, 2.24) is 0 Å². The lowest BCUT2D eigenvalue weighted by Crippen LogP contribution is -2.32. The van der Waals surface area contributed by atoms with E-state index in [1.807, 2.05) is 23.9 Å². The van der Waals surface area contributed by atoms with E-state index in [1.165, 1.54) is 30.3 Å². The van der Waals surface area contributed by atoms with Crippen LogP contribution in [0.4, 0.5) is 5.69 Å². The molecule has 0 atom stereocenters. The van der Waals surface area contributed by atoms with Gasteiger partial charge in [0.15, 0.2) is 0 Å². The summed E-state index contributed by atoms with van der Waals surface area (Å²) in [6, 6.07) is 11.3. The second-order valence-corrected chi connectivity index (χ2v) is 4.08. The van der Waals surface area contributed by atoms with Gasteiger partial charge in [0.25, 0.3) is 0 Å². The first kappa shape index (κ1) is 7.99. The van der Waals surface area contributed by atoms with Crippen molar-refractivity contribution in [3.8, 4) is 0 Å². The Bertz CT molecular complexity index is 229. The third kappa shape index (κ3) is 1.75. The SMILES string of the molecule is [c]1ccc(N2CCSCC2)cc1. The third-order valence-electron chi connectivity index (χ3n) is 2.08. The first-order valence-corrected chi connectivity index (χ1v) is 5.41. The molecule has 2 rings (SSSR count). The quantitative estimate of drug-likeness (QED) is 0.647. The lowest BCUT2D eigenvalue weighted by molar-refractivity contribution is 0.859. The Hall–Kier alpha value is -0.630. The van der Waals surface area contributed by atoms with Gasteiger partial charge in [-0.3, -0.25) is 0 Å². The van der Waals surface area contributed by atoms with Crippen LogP contribution in [0.25, 0.3) is 0 Å². The molecule has 1 radical (unpaired) electrons. The normalized spacial score (nSPS) is 17.8. The number of hydrogen-bond acceptors (Lipinski definition) is 2. The lowest BCUT2D eigenvalue weighted by atomic mass is 10.3. The number of hydrogen-bond donors (Lipinski definition) is 0. The monoisotopic (exact) mass is 178 g/mol. The molecular weight excluding hydrogens is 166 g/mol. The predicted octanol–water partition coefficient (Wildman–Crippen LogP) is 2.04. The Morgan fingerprint density at radius 3 is 2.50 bits per heavy atom. The van der Waals surface area contributed by atoms with Crippen molar-refractivity contribution < 1.29 is 0 Å². The van der Waals surface area contributed by atoms with Crippen LogP contribution in [0, 0.1) is 6.07 Å². The minimum Gasteiger partial charge on any atom is -0.370 e. The molecule has 0 saturated carbocycles. The van der Waals surface area contributed by atoms with Crippen molar-refractivity contribution >= 4 is 17.4 Å². The zero-order valence-corrected chi connectivity index (χ0v) is 7.81. The van der Waals surface area contributed by atoms with Crippen molar-refractivity contribution in [3.05, 3.63) is 30.3 Å². The van der Waals surface area contributed by atoms with Crippen molar-refractivity contribution in [2.75, 3.05) is 29.5 Å². The average molecular weight is 178 g/mol. The first-order chi connectivity index (χ1) is 5.97. The fourth-order valence-corrected chi connectivity index (χ4v) is 2.31. The Morgan fingerprint density at radius 1 is 1.17 bits per heavy atom. The minimum absolute atomic E-state index is 1.19. The fourth-order valence-electron chi connectivity index (χ4n) is 1.41. The van der Waals surface area contributed by atoms with Gasteiger partial charge in [-0.1, -0.05) is 12.1 Å². The van der Waals surface area contributed by atoms with E-state index in [1.54, 1.807) is 0 Å². The Labute approximate surface area is 77.8 Å². The second-order valence-electron chi connectivity index (χ2n) is 2.86. The molecular formula is C10H12NS. The Kier molecular flexibility index (Phi) is 2.57. The van der Waals surface area contributed by atoms with E-state index in [0.29, 0.717) is 0 Å². The second kappa shape index (κ2) is 3.85. The summed E-state index contributed by atoms with van der Waals surface area (Å²) < 4.78 is 0. The van der Waals surface area contributed by atoms with Gasteiger partial charge in [-0.05, 0) is 18.2 Å². The molecule has 0 aromatic heterocycles. The summed E-state index contributed by atoms with van der Waals surface area (Å²) in [7, 11) is 0. The number of rotatable bonds is 1. The highest BCUT2D eigenvalue weighted by atomic mass is 32.2. The molecule has 1 aromatic carbocycles. The summed E-state index contributed by atoms with van der Waals surface area (Å²) >= 11 is 2.04. The van der Waals surface area contributed by atoms with Crippen LogP contribution in [0.5, 0.6) is 0 Å². The Morgan fingerprint density at radius 2 is 1.83 bits per heavy atom. The Balaban J connectivity index is 2.08. The van der Waals surface area contributed by atoms with Crippen molar-refractivity contribution in [2.45, 2.75) is 0 Å². The highest BCUT2D eigenvalue weighted by molar-refractivity contribution is 7.99. The molecule has 0 aliphatic carbocycles. The predicted molar refractivity (Wildman–Crippen MR) is 54.8 cm³/mol. The maximum Gasteiger partial charge on any atom is 0.0367 e. The van der Waals surface area contributed by atoms with Crippen LogP contribution in [0.1, 0.15) is 0 Å². The summed E-state index contributed by atoms with van der Waals surface area (Å²) in [5.74, 6) is 2.53. The minimum atomic E-state index is 1.19. The maximum atomic E-state index is 3.04. The molecule has 0 spiro atoms. The summed E-state index contributed by atoms with van der Waals surface area (Å²) in [5, 5.41) is 0. The summed E-state index contributed by atoms with van der Waals surface area (Å²) in [5.41, 5.74) is 1.34. The molecule has 1 aliphatic heterocycles. The van der Waals surface area contributed by atoms with Gasteiger partial charge in [-0.2, -0.15) is 11.8 Å².